The van der Waals surface area contributed by atoms with Gasteiger partial charge >= 0.3 is 0 Å². The zero-order chi connectivity index (χ0) is 14.2. The Morgan fingerprint density at radius 1 is 0.842 bits per heavy atom. The third-order valence-electron chi connectivity index (χ3n) is 2.11. The molecule has 0 spiro atoms. The van der Waals surface area contributed by atoms with Crippen molar-refractivity contribution in [3.05, 3.63) is 0 Å². The zero-order valence-corrected chi connectivity index (χ0v) is 11.3. The fourth-order valence-corrected chi connectivity index (χ4v) is 1.20. The molecule has 0 unspecified atom stereocenters. The summed E-state index contributed by atoms with van der Waals surface area (Å²) in [7, 11) is 0. The molecule has 3 N–H and O–H groups in total. The van der Waals surface area contributed by atoms with E-state index in [0.29, 0.717) is 59.0 Å². The number of amides is 1. The van der Waals surface area contributed by atoms with E-state index < -0.39 is 0 Å². The van der Waals surface area contributed by atoms with Crippen LogP contribution in [0, 0.1) is 0 Å². The van der Waals surface area contributed by atoms with Gasteiger partial charge in [-0.2, -0.15) is 0 Å². The fourth-order valence-electron chi connectivity index (χ4n) is 1.20. The van der Waals surface area contributed by atoms with E-state index in [0.717, 1.165) is 0 Å². The van der Waals surface area contributed by atoms with Crippen LogP contribution in [0.1, 0.15) is 12.8 Å². The van der Waals surface area contributed by atoms with E-state index >= 15 is 0 Å². The van der Waals surface area contributed by atoms with E-state index in [1.54, 1.807) is 0 Å². The maximum Gasteiger partial charge on any atom is 0.220 e. The predicted octanol–water partition coefficient (Wildman–Crippen LogP) is -1.08. The maximum atomic E-state index is 11.1. The molecule has 0 radical (unpaired) electrons. The normalized spacial score (nSPS) is 10.6. The Morgan fingerprint density at radius 3 is 2.00 bits per heavy atom. The highest BCUT2D eigenvalue weighted by Gasteiger charge is 1.99. The highest BCUT2D eigenvalue weighted by Crippen LogP contribution is 1.86. The van der Waals surface area contributed by atoms with Gasteiger partial charge in [0.2, 0.25) is 5.91 Å². The van der Waals surface area contributed by atoms with Crippen LogP contribution in [-0.4, -0.2) is 75.5 Å². The summed E-state index contributed by atoms with van der Waals surface area (Å²) in [6.07, 6.45) is 0.826. The van der Waals surface area contributed by atoms with Gasteiger partial charge in [0.15, 0.2) is 0 Å². The summed E-state index contributed by atoms with van der Waals surface area (Å²) >= 11 is 0. The summed E-state index contributed by atoms with van der Waals surface area (Å²) in [6.45, 7) is 3.15. The summed E-state index contributed by atoms with van der Waals surface area (Å²) in [5.74, 6) is -0.0741. The average Bonchev–Trinajstić information content (AvgIpc) is 2.42. The van der Waals surface area contributed by atoms with Crippen molar-refractivity contribution in [2.24, 2.45) is 0 Å². The molecular formula is C12H25NO6. The summed E-state index contributed by atoms with van der Waals surface area (Å²) in [5.41, 5.74) is 0. The van der Waals surface area contributed by atoms with Gasteiger partial charge in [-0.25, -0.2) is 0 Å². The Bertz CT molecular complexity index is 203. The Kier molecular flexibility index (Phi) is 14.7. The van der Waals surface area contributed by atoms with Crippen molar-refractivity contribution < 1.29 is 29.2 Å². The van der Waals surface area contributed by atoms with Gasteiger partial charge in [-0.15, -0.1) is 0 Å². The molecule has 0 aromatic rings. The van der Waals surface area contributed by atoms with Gasteiger partial charge in [-0.3, -0.25) is 4.79 Å². The largest absolute Gasteiger partial charge is 0.396 e. The number of hydrogen-bond acceptors (Lipinski definition) is 6. The minimum absolute atomic E-state index is 0.0210. The van der Waals surface area contributed by atoms with Crippen molar-refractivity contribution in [3.8, 4) is 0 Å². The van der Waals surface area contributed by atoms with Crippen LogP contribution in [0.5, 0.6) is 0 Å². The van der Waals surface area contributed by atoms with Crippen LogP contribution in [0.15, 0.2) is 0 Å². The van der Waals surface area contributed by atoms with Crippen LogP contribution >= 0.6 is 0 Å². The van der Waals surface area contributed by atoms with Gasteiger partial charge in [0.25, 0.3) is 0 Å². The number of rotatable bonds is 14. The molecule has 0 bridgehead atoms. The first-order valence-corrected chi connectivity index (χ1v) is 6.53. The highest BCUT2D eigenvalue weighted by molar-refractivity contribution is 5.75. The molecule has 0 aromatic carbocycles. The molecule has 114 valence electrons. The summed E-state index contributed by atoms with van der Waals surface area (Å²) in [6, 6.07) is 0. The van der Waals surface area contributed by atoms with Gasteiger partial charge in [-0.05, 0) is 6.42 Å². The third kappa shape index (κ3) is 15.2. The Balaban J connectivity index is 3.04. The molecule has 7 nitrogen and oxygen atoms in total. The molecule has 0 heterocycles. The fraction of sp³-hybridized carbons (Fsp3) is 0.917. The maximum absolute atomic E-state index is 11.1. The highest BCUT2D eigenvalue weighted by atomic mass is 16.5. The minimum atomic E-state index is -0.0741. The van der Waals surface area contributed by atoms with Gasteiger partial charge in [0.1, 0.15) is 0 Å². The molecule has 0 fully saturated rings. The van der Waals surface area contributed by atoms with Crippen LogP contribution in [0.4, 0.5) is 0 Å². The Morgan fingerprint density at radius 2 is 1.42 bits per heavy atom. The van der Waals surface area contributed by atoms with Crippen LogP contribution in [0.25, 0.3) is 0 Å². The van der Waals surface area contributed by atoms with E-state index in [-0.39, 0.29) is 19.1 Å². The number of hydrogen-bond donors (Lipinski definition) is 3. The number of aliphatic hydroxyl groups is 2. The van der Waals surface area contributed by atoms with Crippen molar-refractivity contribution in [1.82, 2.24) is 5.32 Å². The van der Waals surface area contributed by atoms with E-state index in [4.69, 9.17) is 24.4 Å². The number of ether oxygens (including phenoxy) is 3. The topological polar surface area (TPSA) is 97.3 Å². The molecule has 0 saturated carbocycles. The quantitative estimate of drug-likeness (QED) is 0.350. The van der Waals surface area contributed by atoms with Gasteiger partial charge < -0.3 is 29.7 Å². The molecule has 19 heavy (non-hydrogen) atoms. The van der Waals surface area contributed by atoms with Crippen molar-refractivity contribution in [2.75, 3.05) is 59.4 Å². The van der Waals surface area contributed by atoms with Gasteiger partial charge in [-0.1, -0.05) is 0 Å². The second kappa shape index (κ2) is 15.3. The first kappa shape index (κ1) is 18.3. The second-order valence-corrected chi connectivity index (χ2v) is 3.74. The number of carbonyl (C=O) groups is 1. The molecule has 1 amide bonds. The first-order chi connectivity index (χ1) is 9.31. The minimum Gasteiger partial charge on any atom is -0.396 e. The summed E-state index contributed by atoms with van der Waals surface area (Å²) < 4.78 is 15.5. The van der Waals surface area contributed by atoms with Gasteiger partial charge in [0, 0.05) is 19.6 Å². The molecule has 0 aliphatic heterocycles. The van der Waals surface area contributed by atoms with Crippen molar-refractivity contribution in [2.45, 2.75) is 12.8 Å². The van der Waals surface area contributed by atoms with E-state index in [1.807, 2.05) is 0 Å². The monoisotopic (exact) mass is 279 g/mol. The summed E-state index contributed by atoms with van der Waals surface area (Å²) in [5, 5.41) is 19.7. The van der Waals surface area contributed by atoms with Crippen LogP contribution in [0.3, 0.4) is 0 Å². The van der Waals surface area contributed by atoms with Crippen LogP contribution < -0.4 is 5.32 Å². The van der Waals surface area contributed by atoms with E-state index in [9.17, 15) is 4.79 Å². The Hall–Kier alpha value is -0.730. The van der Waals surface area contributed by atoms with E-state index in [2.05, 4.69) is 5.32 Å². The molecule has 0 aliphatic rings. The lowest BCUT2D eigenvalue weighted by molar-refractivity contribution is -0.121. The lowest BCUT2D eigenvalue weighted by atomic mass is 10.3. The SMILES string of the molecule is O=C(CCCO)NCCOCCOCCOCCO. The molecule has 0 aromatic heterocycles. The lowest BCUT2D eigenvalue weighted by Gasteiger charge is -2.07. The number of carbonyl (C=O) groups excluding carboxylic acids is 1. The number of aliphatic hydroxyl groups excluding tert-OH is 2. The zero-order valence-electron chi connectivity index (χ0n) is 11.3. The van der Waals surface area contributed by atoms with Gasteiger partial charge in [0.05, 0.1) is 46.2 Å². The predicted molar refractivity (Wildman–Crippen MR) is 68.9 cm³/mol. The molecule has 0 rings (SSSR count). The second-order valence-electron chi connectivity index (χ2n) is 3.74. The van der Waals surface area contributed by atoms with Crippen molar-refractivity contribution >= 4 is 5.91 Å². The number of nitrogens with one attached hydrogen (secondary N) is 1. The van der Waals surface area contributed by atoms with Crippen molar-refractivity contribution in [1.29, 1.82) is 0 Å². The molecule has 0 atom stereocenters. The first-order valence-electron chi connectivity index (χ1n) is 6.53. The third-order valence-corrected chi connectivity index (χ3v) is 2.11. The standard InChI is InChI=1S/C12H25NO6/c14-4-1-2-12(16)13-3-6-17-8-10-19-11-9-18-7-5-15/h14-15H,1-11H2,(H,13,16). The van der Waals surface area contributed by atoms with Crippen molar-refractivity contribution in [3.63, 3.8) is 0 Å². The smallest absolute Gasteiger partial charge is 0.220 e. The molecular weight excluding hydrogens is 254 g/mol. The molecule has 7 heteroatoms. The summed E-state index contributed by atoms with van der Waals surface area (Å²) in [4.78, 5) is 11.1. The lowest BCUT2D eigenvalue weighted by Crippen LogP contribution is -2.27. The van der Waals surface area contributed by atoms with Crippen LogP contribution in [-0.2, 0) is 19.0 Å². The van der Waals surface area contributed by atoms with Crippen LogP contribution in [0.2, 0.25) is 0 Å². The van der Waals surface area contributed by atoms with E-state index in [1.165, 1.54) is 0 Å². The molecule has 0 saturated heterocycles. The average molecular weight is 279 g/mol. The Labute approximate surface area is 113 Å². The molecule has 0 aliphatic carbocycles.